The van der Waals surface area contributed by atoms with Gasteiger partial charge in [0.25, 0.3) is 0 Å². The van der Waals surface area contributed by atoms with E-state index in [9.17, 15) is 21.2 Å². The zero-order valence-corrected chi connectivity index (χ0v) is 22.3. The molecule has 0 heterocycles. The van der Waals surface area contributed by atoms with Crippen molar-refractivity contribution in [3.63, 3.8) is 0 Å². The molecule has 0 bridgehead atoms. The van der Waals surface area contributed by atoms with Crippen LogP contribution in [-0.4, -0.2) is 41.4 Å². The maximum Gasteiger partial charge on any atom is 0.339 e. The van der Waals surface area contributed by atoms with Crippen molar-refractivity contribution in [2.24, 2.45) is 0 Å². The molecular weight excluding hydrogens is 505 g/mol. The molecule has 0 N–H and O–H groups in total. The van der Waals surface area contributed by atoms with Gasteiger partial charge in [0.2, 0.25) is 10.0 Å². The van der Waals surface area contributed by atoms with Gasteiger partial charge in [-0.1, -0.05) is 45.0 Å². The van der Waals surface area contributed by atoms with E-state index in [4.69, 9.17) is 8.92 Å². The number of ether oxygens (including phenoxy) is 1. The van der Waals surface area contributed by atoms with E-state index in [-0.39, 0.29) is 40.7 Å². The van der Waals surface area contributed by atoms with Crippen LogP contribution in [-0.2, 0) is 36.8 Å². The van der Waals surface area contributed by atoms with E-state index in [1.807, 2.05) is 20.8 Å². The predicted octanol–water partition coefficient (Wildman–Crippen LogP) is 4.73. The Labute approximate surface area is 212 Å². The molecule has 0 aliphatic rings. The predicted molar refractivity (Wildman–Crippen MR) is 135 cm³/mol. The number of sulfonamides is 1. The van der Waals surface area contributed by atoms with Crippen LogP contribution in [0.1, 0.15) is 31.9 Å². The summed E-state index contributed by atoms with van der Waals surface area (Å²) in [5.74, 6) is -0.559. The van der Waals surface area contributed by atoms with Crippen molar-refractivity contribution in [1.82, 2.24) is 4.31 Å². The summed E-state index contributed by atoms with van der Waals surface area (Å²) in [4.78, 5) is -0.0461. The van der Waals surface area contributed by atoms with Crippen molar-refractivity contribution >= 4 is 20.1 Å². The zero-order valence-electron chi connectivity index (χ0n) is 20.6. The first-order valence-corrected chi connectivity index (χ1v) is 14.1. The average Bonchev–Trinajstić information content (AvgIpc) is 2.81. The van der Waals surface area contributed by atoms with E-state index >= 15 is 0 Å². The van der Waals surface area contributed by atoms with Gasteiger partial charge in [-0.2, -0.15) is 12.7 Å². The van der Waals surface area contributed by atoms with Gasteiger partial charge in [0, 0.05) is 20.2 Å². The summed E-state index contributed by atoms with van der Waals surface area (Å²) in [6, 6.07) is 17.2. The lowest BCUT2D eigenvalue weighted by Gasteiger charge is -2.23. The molecule has 0 fully saturated rings. The normalized spacial score (nSPS) is 12.6. The maximum absolute atomic E-state index is 13.4. The maximum atomic E-state index is 13.4. The van der Waals surface area contributed by atoms with Crippen LogP contribution in [0, 0.1) is 5.82 Å². The Morgan fingerprint density at radius 3 is 2.06 bits per heavy atom. The highest BCUT2D eigenvalue weighted by Crippen LogP contribution is 2.26. The molecule has 0 amide bonds. The monoisotopic (exact) mass is 535 g/mol. The summed E-state index contributed by atoms with van der Waals surface area (Å²) < 4.78 is 76.8. The molecule has 0 saturated heterocycles. The number of rotatable bonds is 10. The molecule has 3 aromatic rings. The Morgan fingerprint density at radius 2 is 1.47 bits per heavy atom. The van der Waals surface area contributed by atoms with Crippen molar-refractivity contribution in [2.45, 2.75) is 42.5 Å². The van der Waals surface area contributed by atoms with Gasteiger partial charge in [0.05, 0.1) is 11.5 Å². The van der Waals surface area contributed by atoms with Crippen LogP contribution in [0.3, 0.4) is 0 Å². The van der Waals surface area contributed by atoms with Gasteiger partial charge in [-0.15, -0.1) is 0 Å². The van der Waals surface area contributed by atoms with E-state index in [1.165, 1.54) is 23.5 Å². The van der Waals surface area contributed by atoms with Gasteiger partial charge in [-0.3, -0.25) is 0 Å². The van der Waals surface area contributed by atoms with Gasteiger partial charge in [-0.25, -0.2) is 12.8 Å². The number of methoxy groups -OCH3 is 1. The molecule has 0 aromatic heterocycles. The Kier molecular flexibility index (Phi) is 8.55. The van der Waals surface area contributed by atoms with Crippen LogP contribution in [0.15, 0.2) is 82.6 Å². The Balaban J connectivity index is 1.85. The largest absolute Gasteiger partial charge is 0.383 e. The summed E-state index contributed by atoms with van der Waals surface area (Å²) in [6.45, 7) is 6.39. The first-order chi connectivity index (χ1) is 16.8. The third kappa shape index (κ3) is 6.91. The highest BCUT2D eigenvalue weighted by Gasteiger charge is 2.26. The highest BCUT2D eigenvalue weighted by atomic mass is 32.2. The van der Waals surface area contributed by atoms with Gasteiger partial charge >= 0.3 is 10.1 Å². The fourth-order valence-corrected chi connectivity index (χ4v) is 5.76. The SMILES string of the molecule is COCCN(Cc1cccc(OS(=O)(=O)c2ccc(F)cc2)c1)S(=O)(=O)c1ccc(C(C)(C)C)cc1. The molecule has 194 valence electrons. The summed E-state index contributed by atoms with van der Waals surface area (Å²) in [6.07, 6.45) is 0. The van der Waals surface area contributed by atoms with Crippen LogP contribution >= 0.6 is 0 Å². The van der Waals surface area contributed by atoms with Gasteiger partial charge in [0.1, 0.15) is 16.5 Å². The molecule has 0 unspecified atom stereocenters. The fourth-order valence-electron chi connectivity index (χ4n) is 3.43. The lowest BCUT2D eigenvalue weighted by Crippen LogP contribution is -2.33. The first-order valence-electron chi connectivity index (χ1n) is 11.2. The molecule has 0 atom stereocenters. The topological polar surface area (TPSA) is 90.0 Å². The van der Waals surface area contributed by atoms with E-state index in [1.54, 1.807) is 36.4 Å². The van der Waals surface area contributed by atoms with Crippen LogP contribution in [0.25, 0.3) is 0 Å². The molecular formula is C26H30FNO6S2. The third-order valence-electron chi connectivity index (χ3n) is 5.47. The molecule has 36 heavy (non-hydrogen) atoms. The second-order valence-corrected chi connectivity index (χ2v) is 12.7. The molecule has 3 rings (SSSR count). The first kappa shape index (κ1) is 27.8. The van der Waals surface area contributed by atoms with Crippen molar-refractivity contribution in [2.75, 3.05) is 20.3 Å². The second-order valence-electron chi connectivity index (χ2n) is 9.24. The average molecular weight is 536 g/mol. The van der Waals surface area contributed by atoms with Gasteiger partial charge in [0.15, 0.2) is 0 Å². The standard InChI is InChI=1S/C26H30FNO6S2/c1-26(2,3)21-8-12-24(13-9-21)35(29,30)28(16-17-33-4)19-20-6-5-7-23(18-20)34-36(31,32)25-14-10-22(27)11-15-25/h5-15,18H,16-17,19H2,1-4H3. The molecule has 0 aliphatic heterocycles. The van der Waals surface area contributed by atoms with Crippen LogP contribution in [0.2, 0.25) is 0 Å². The fraction of sp³-hybridized carbons (Fsp3) is 0.308. The van der Waals surface area contributed by atoms with E-state index in [2.05, 4.69) is 0 Å². The number of hydrogen-bond acceptors (Lipinski definition) is 6. The molecule has 0 aliphatic carbocycles. The van der Waals surface area contributed by atoms with Crippen molar-refractivity contribution in [1.29, 1.82) is 0 Å². The minimum atomic E-state index is -4.20. The van der Waals surface area contributed by atoms with Crippen LogP contribution < -0.4 is 4.18 Å². The Hall–Kier alpha value is -2.79. The van der Waals surface area contributed by atoms with E-state index < -0.39 is 26.0 Å². The highest BCUT2D eigenvalue weighted by molar-refractivity contribution is 7.89. The zero-order chi connectivity index (χ0) is 26.6. The summed E-state index contributed by atoms with van der Waals surface area (Å²) in [5.41, 5.74) is 1.41. The number of hydrogen-bond donors (Lipinski definition) is 0. The van der Waals surface area contributed by atoms with Gasteiger partial charge in [-0.05, 0) is 65.1 Å². The lowest BCUT2D eigenvalue weighted by atomic mass is 9.87. The molecule has 10 heteroatoms. The Morgan fingerprint density at radius 1 is 0.861 bits per heavy atom. The van der Waals surface area contributed by atoms with Gasteiger partial charge < -0.3 is 8.92 Å². The number of nitrogens with zero attached hydrogens (tertiary/aromatic N) is 1. The summed E-state index contributed by atoms with van der Waals surface area (Å²) in [7, 11) is -6.58. The number of benzene rings is 3. The second kappa shape index (κ2) is 11.1. The Bertz CT molecular complexity index is 1380. The minimum absolute atomic E-state index is 0.00967. The molecule has 0 saturated carbocycles. The summed E-state index contributed by atoms with van der Waals surface area (Å²) >= 11 is 0. The van der Waals surface area contributed by atoms with Crippen molar-refractivity contribution in [3.05, 3.63) is 89.7 Å². The summed E-state index contributed by atoms with van der Waals surface area (Å²) in [5, 5.41) is 0. The molecule has 0 radical (unpaired) electrons. The quantitative estimate of drug-likeness (QED) is 0.349. The van der Waals surface area contributed by atoms with Crippen molar-refractivity contribution < 1.29 is 30.1 Å². The van der Waals surface area contributed by atoms with Crippen LogP contribution in [0.4, 0.5) is 4.39 Å². The number of halogens is 1. The smallest absolute Gasteiger partial charge is 0.339 e. The molecule has 0 spiro atoms. The van der Waals surface area contributed by atoms with E-state index in [0.717, 1.165) is 29.8 Å². The third-order valence-corrected chi connectivity index (χ3v) is 8.59. The molecule has 7 nitrogen and oxygen atoms in total. The van der Waals surface area contributed by atoms with Crippen LogP contribution in [0.5, 0.6) is 5.75 Å². The molecule has 3 aromatic carbocycles. The lowest BCUT2D eigenvalue weighted by molar-refractivity contribution is 0.177. The minimum Gasteiger partial charge on any atom is -0.383 e. The van der Waals surface area contributed by atoms with E-state index in [0.29, 0.717) is 5.56 Å². The van der Waals surface area contributed by atoms with Crippen molar-refractivity contribution in [3.8, 4) is 5.75 Å².